The van der Waals surface area contributed by atoms with Gasteiger partial charge < -0.3 is 9.80 Å². The lowest BCUT2D eigenvalue weighted by atomic mass is 9.90. The molecule has 26 heavy (non-hydrogen) atoms. The van der Waals surface area contributed by atoms with Crippen LogP contribution in [-0.2, 0) is 22.7 Å². The maximum atomic E-state index is 13.4. The molecule has 2 aromatic rings. The van der Waals surface area contributed by atoms with Gasteiger partial charge in [-0.3, -0.25) is 9.59 Å². The molecule has 0 N–H and O–H groups in total. The van der Waals surface area contributed by atoms with E-state index in [1.54, 1.807) is 15.9 Å². The highest BCUT2D eigenvalue weighted by atomic mass is 19.1. The van der Waals surface area contributed by atoms with Crippen LogP contribution in [0.25, 0.3) is 0 Å². The average molecular weight is 352 g/mol. The number of hydrogen-bond acceptors (Lipinski definition) is 2. The van der Waals surface area contributed by atoms with Crippen molar-refractivity contribution in [3.8, 4) is 0 Å². The van der Waals surface area contributed by atoms with Crippen molar-refractivity contribution < 1.29 is 14.0 Å². The van der Waals surface area contributed by atoms with Gasteiger partial charge in [0.25, 0.3) is 0 Å². The van der Waals surface area contributed by atoms with E-state index in [-0.39, 0.29) is 30.1 Å². The van der Waals surface area contributed by atoms with E-state index in [0.29, 0.717) is 19.6 Å². The zero-order valence-corrected chi connectivity index (χ0v) is 14.5. The molecule has 0 radical (unpaired) electrons. The van der Waals surface area contributed by atoms with Crippen molar-refractivity contribution in [2.75, 3.05) is 13.1 Å². The van der Waals surface area contributed by atoms with E-state index in [1.165, 1.54) is 12.1 Å². The molecule has 1 atom stereocenters. The molecule has 1 fully saturated rings. The number of fused-ring (bicyclic) bond motifs is 1. The summed E-state index contributed by atoms with van der Waals surface area (Å²) in [5, 5.41) is 0. The first kappa shape index (κ1) is 16.8. The summed E-state index contributed by atoms with van der Waals surface area (Å²) < 4.78 is 13.4. The number of benzene rings is 2. The molecule has 2 heterocycles. The number of carbonyl (C=O) groups is 2. The number of piperidine rings is 1. The molecule has 0 saturated carbocycles. The molecule has 2 aromatic carbocycles. The molecule has 134 valence electrons. The van der Waals surface area contributed by atoms with Gasteiger partial charge in [-0.25, -0.2) is 4.39 Å². The summed E-state index contributed by atoms with van der Waals surface area (Å²) in [7, 11) is 0. The molecule has 0 aromatic heterocycles. The Balaban J connectivity index is 1.42. The summed E-state index contributed by atoms with van der Waals surface area (Å²) in [6.07, 6.45) is 1.71. The van der Waals surface area contributed by atoms with Crippen LogP contribution in [0.1, 0.15) is 35.4 Å². The second-order valence-corrected chi connectivity index (χ2v) is 7.03. The summed E-state index contributed by atoms with van der Waals surface area (Å²) in [6, 6.07) is 14.4. The predicted octanol–water partition coefficient (Wildman–Crippen LogP) is 3.07. The Labute approximate surface area is 152 Å². The molecule has 0 unspecified atom stereocenters. The third-order valence-corrected chi connectivity index (χ3v) is 5.30. The highest BCUT2D eigenvalue weighted by Crippen LogP contribution is 2.29. The van der Waals surface area contributed by atoms with Crippen LogP contribution in [-0.4, -0.2) is 34.7 Å². The first-order valence-electron chi connectivity index (χ1n) is 9.00. The third kappa shape index (κ3) is 3.21. The fourth-order valence-corrected chi connectivity index (χ4v) is 3.89. The summed E-state index contributed by atoms with van der Waals surface area (Å²) in [4.78, 5) is 28.9. The van der Waals surface area contributed by atoms with Crippen LogP contribution in [0.2, 0.25) is 0 Å². The van der Waals surface area contributed by atoms with E-state index in [4.69, 9.17) is 0 Å². The predicted molar refractivity (Wildman–Crippen MR) is 95.7 cm³/mol. The van der Waals surface area contributed by atoms with Crippen molar-refractivity contribution in [1.82, 2.24) is 9.80 Å². The van der Waals surface area contributed by atoms with Crippen LogP contribution in [0.15, 0.2) is 48.5 Å². The van der Waals surface area contributed by atoms with Crippen LogP contribution < -0.4 is 0 Å². The van der Waals surface area contributed by atoms with Crippen LogP contribution in [0, 0.1) is 5.82 Å². The minimum absolute atomic E-state index is 0.0264. The van der Waals surface area contributed by atoms with Crippen LogP contribution in [0.4, 0.5) is 4.39 Å². The lowest BCUT2D eigenvalue weighted by Gasteiger charge is -2.33. The molecule has 5 heteroatoms. The number of amides is 2. The van der Waals surface area contributed by atoms with Gasteiger partial charge in [0.1, 0.15) is 5.82 Å². The summed E-state index contributed by atoms with van der Waals surface area (Å²) in [6.45, 7) is 1.61. The number of rotatable bonds is 3. The Bertz CT molecular complexity index is 837. The maximum Gasteiger partial charge on any atom is 0.242 e. The molecular formula is C21H21FN2O2. The monoisotopic (exact) mass is 352 g/mol. The smallest absolute Gasteiger partial charge is 0.242 e. The lowest BCUT2D eigenvalue weighted by Crippen LogP contribution is -2.45. The molecule has 0 aliphatic carbocycles. The standard InChI is InChI=1S/C21H21FN2O2/c22-18-9-8-16-12-24(13-17(16)11-18)20(25)14-23-10-4-7-19(21(23)26)15-5-2-1-3-6-15/h1-3,5-6,8-9,11,19H,4,7,10,12-14H2/t19-/m1/s1. The van der Waals surface area contributed by atoms with Gasteiger partial charge in [-0.15, -0.1) is 0 Å². The fraction of sp³-hybridized carbons (Fsp3) is 0.333. The van der Waals surface area contributed by atoms with Gasteiger partial charge in [-0.2, -0.15) is 0 Å². The molecule has 1 saturated heterocycles. The van der Waals surface area contributed by atoms with Gasteiger partial charge in [-0.1, -0.05) is 36.4 Å². The quantitative estimate of drug-likeness (QED) is 0.852. The number of nitrogens with zero attached hydrogens (tertiary/aromatic N) is 2. The zero-order valence-electron chi connectivity index (χ0n) is 14.5. The molecule has 0 spiro atoms. The van der Waals surface area contributed by atoms with Crippen molar-refractivity contribution in [1.29, 1.82) is 0 Å². The summed E-state index contributed by atoms with van der Waals surface area (Å²) >= 11 is 0. The van der Waals surface area contributed by atoms with Crippen LogP contribution in [0.5, 0.6) is 0 Å². The minimum Gasteiger partial charge on any atom is -0.333 e. The molecular weight excluding hydrogens is 331 g/mol. The van der Waals surface area contributed by atoms with E-state index in [9.17, 15) is 14.0 Å². The maximum absolute atomic E-state index is 13.4. The van der Waals surface area contributed by atoms with E-state index in [0.717, 1.165) is 29.5 Å². The minimum atomic E-state index is -0.282. The number of carbonyl (C=O) groups excluding carboxylic acids is 2. The van der Waals surface area contributed by atoms with E-state index in [1.807, 2.05) is 30.3 Å². The highest BCUT2D eigenvalue weighted by molar-refractivity contribution is 5.89. The van der Waals surface area contributed by atoms with Crippen molar-refractivity contribution in [2.24, 2.45) is 0 Å². The third-order valence-electron chi connectivity index (χ3n) is 5.30. The Morgan fingerprint density at radius 1 is 1.08 bits per heavy atom. The zero-order chi connectivity index (χ0) is 18.1. The van der Waals surface area contributed by atoms with Crippen LogP contribution >= 0.6 is 0 Å². The Morgan fingerprint density at radius 2 is 1.85 bits per heavy atom. The van der Waals surface area contributed by atoms with Crippen LogP contribution in [0.3, 0.4) is 0 Å². The SMILES string of the molecule is O=C(CN1CCC[C@H](c2ccccc2)C1=O)N1Cc2ccc(F)cc2C1. The van der Waals surface area contributed by atoms with Gasteiger partial charge >= 0.3 is 0 Å². The summed E-state index contributed by atoms with van der Waals surface area (Å²) in [5.74, 6) is -0.500. The van der Waals surface area contributed by atoms with Gasteiger partial charge in [0.2, 0.25) is 11.8 Å². The molecule has 0 bridgehead atoms. The first-order chi connectivity index (χ1) is 12.6. The van der Waals surface area contributed by atoms with Gasteiger partial charge in [0.15, 0.2) is 0 Å². The highest BCUT2D eigenvalue weighted by Gasteiger charge is 2.32. The normalized spacial score (nSPS) is 19.6. The second kappa shape index (κ2) is 6.90. The Morgan fingerprint density at radius 3 is 2.65 bits per heavy atom. The van der Waals surface area contributed by atoms with E-state index in [2.05, 4.69) is 0 Å². The topological polar surface area (TPSA) is 40.6 Å². The van der Waals surface area contributed by atoms with Crippen molar-refractivity contribution in [3.05, 3.63) is 71.0 Å². The lowest BCUT2D eigenvalue weighted by molar-refractivity contribution is -0.143. The number of hydrogen-bond donors (Lipinski definition) is 0. The van der Waals surface area contributed by atoms with Crippen molar-refractivity contribution >= 4 is 11.8 Å². The molecule has 4 nitrogen and oxygen atoms in total. The fourth-order valence-electron chi connectivity index (χ4n) is 3.89. The molecule has 2 amide bonds. The van der Waals surface area contributed by atoms with Gasteiger partial charge in [-0.05, 0) is 41.7 Å². The molecule has 2 aliphatic heterocycles. The molecule has 4 rings (SSSR count). The average Bonchev–Trinajstić information content (AvgIpc) is 3.07. The van der Waals surface area contributed by atoms with Gasteiger partial charge in [0, 0.05) is 19.6 Å². The first-order valence-corrected chi connectivity index (χ1v) is 9.00. The summed E-state index contributed by atoms with van der Waals surface area (Å²) in [5.41, 5.74) is 2.84. The largest absolute Gasteiger partial charge is 0.333 e. The van der Waals surface area contributed by atoms with Gasteiger partial charge in [0.05, 0.1) is 12.5 Å². The molecule has 2 aliphatic rings. The number of halogens is 1. The number of likely N-dealkylation sites (tertiary alicyclic amines) is 1. The van der Waals surface area contributed by atoms with Crippen molar-refractivity contribution in [2.45, 2.75) is 31.8 Å². The second-order valence-electron chi connectivity index (χ2n) is 7.03. The van der Waals surface area contributed by atoms with E-state index >= 15 is 0 Å². The van der Waals surface area contributed by atoms with E-state index < -0.39 is 0 Å². The Hall–Kier alpha value is -2.69. The Kier molecular flexibility index (Phi) is 4.45. The van der Waals surface area contributed by atoms with Crippen molar-refractivity contribution in [3.63, 3.8) is 0 Å².